The van der Waals surface area contributed by atoms with E-state index >= 15 is 0 Å². The maximum atomic E-state index is 3.49. The van der Waals surface area contributed by atoms with Crippen molar-refractivity contribution >= 4 is 0 Å². The molecule has 0 saturated carbocycles. The second kappa shape index (κ2) is 7.56. The van der Waals surface area contributed by atoms with E-state index < -0.39 is 0 Å². The number of hydrogen-bond donors (Lipinski definition) is 2. The van der Waals surface area contributed by atoms with E-state index in [-0.39, 0.29) is 0 Å². The van der Waals surface area contributed by atoms with E-state index in [9.17, 15) is 0 Å². The zero-order chi connectivity index (χ0) is 9.40. The number of likely N-dealkylation sites (N-methyl/N-ethyl adjacent to an activating group) is 2. The van der Waals surface area contributed by atoms with Crippen molar-refractivity contribution in [1.29, 1.82) is 0 Å². The lowest BCUT2D eigenvalue weighted by Gasteiger charge is -2.19. The standard InChI is InChI=1S/C10H24N2/c1-5-11-8-10(12-6-2)7-9(3)4/h9-12H,5-8H2,1-4H3. The van der Waals surface area contributed by atoms with E-state index in [1.807, 2.05) is 0 Å². The number of nitrogens with one attached hydrogen (secondary N) is 2. The van der Waals surface area contributed by atoms with Crippen molar-refractivity contribution < 1.29 is 0 Å². The maximum absolute atomic E-state index is 3.49. The molecule has 74 valence electrons. The van der Waals surface area contributed by atoms with Gasteiger partial charge in [0.05, 0.1) is 0 Å². The van der Waals surface area contributed by atoms with Gasteiger partial charge in [-0.3, -0.25) is 0 Å². The molecule has 1 unspecified atom stereocenters. The van der Waals surface area contributed by atoms with Crippen LogP contribution in [0, 0.1) is 5.92 Å². The Labute approximate surface area is 77.1 Å². The molecule has 0 fully saturated rings. The fraction of sp³-hybridized carbons (Fsp3) is 1.00. The Morgan fingerprint density at radius 1 is 1.08 bits per heavy atom. The van der Waals surface area contributed by atoms with Crippen LogP contribution in [0.15, 0.2) is 0 Å². The molecule has 2 N–H and O–H groups in total. The molecule has 2 heteroatoms. The molecule has 0 rings (SSSR count). The first-order valence-corrected chi connectivity index (χ1v) is 5.14. The minimum absolute atomic E-state index is 0.648. The molecule has 0 radical (unpaired) electrons. The number of rotatable bonds is 7. The van der Waals surface area contributed by atoms with Crippen molar-refractivity contribution in [2.75, 3.05) is 19.6 Å². The Bertz CT molecular complexity index is 91.8. The summed E-state index contributed by atoms with van der Waals surface area (Å²) in [7, 11) is 0. The van der Waals surface area contributed by atoms with Crippen molar-refractivity contribution in [3.63, 3.8) is 0 Å². The van der Waals surface area contributed by atoms with E-state index in [0.717, 1.165) is 25.6 Å². The van der Waals surface area contributed by atoms with Gasteiger partial charge in [-0.15, -0.1) is 0 Å². The zero-order valence-corrected chi connectivity index (χ0v) is 8.98. The molecule has 0 aliphatic rings. The van der Waals surface area contributed by atoms with Gasteiger partial charge >= 0.3 is 0 Å². The van der Waals surface area contributed by atoms with Crippen LogP contribution in [0.25, 0.3) is 0 Å². The number of hydrogen-bond acceptors (Lipinski definition) is 2. The molecule has 0 spiro atoms. The van der Waals surface area contributed by atoms with Crippen LogP contribution in [-0.2, 0) is 0 Å². The summed E-state index contributed by atoms with van der Waals surface area (Å²) in [4.78, 5) is 0. The van der Waals surface area contributed by atoms with E-state index in [1.54, 1.807) is 0 Å². The zero-order valence-electron chi connectivity index (χ0n) is 8.98. The van der Waals surface area contributed by atoms with Crippen LogP contribution in [-0.4, -0.2) is 25.7 Å². The van der Waals surface area contributed by atoms with E-state index in [4.69, 9.17) is 0 Å². The summed E-state index contributed by atoms with van der Waals surface area (Å²) in [5.41, 5.74) is 0. The van der Waals surface area contributed by atoms with Gasteiger partial charge in [-0.25, -0.2) is 0 Å². The van der Waals surface area contributed by atoms with Gasteiger partial charge in [0.1, 0.15) is 0 Å². The first-order valence-electron chi connectivity index (χ1n) is 5.14. The quantitative estimate of drug-likeness (QED) is 0.610. The van der Waals surface area contributed by atoms with E-state index in [1.165, 1.54) is 6.42 Å². The Kier molecular flexibility index (Phi) is 7.51. The highest BCUT2D eigenvalue weighted by molar-refractivity contribution is 4.69. The SMILES string of the molecule is CCNCC(CC(C)C)NCC. The van der Waals surface area contributed by atoms with Gasteiger partial charge in [-0.05, 0) is 25.4 Å². The molecule has 0 aromatic rings. The molecule has 1 atom stereocenters. The fourth-order valence-corrected chi connectivity index (χ4v) is 1.42. The lowest BCUT2D eigenvalue weighted by molar-refractivity contribution is 0.408. The van der Waals surface area contributed by atoms with Gasteiger partial charge in [-0.1, -0.05) is 27.7 Å². The molecule has 0 aliphatic carbocycles. The third-order valence-corrected chi connectivity index (χ3v) is 1.89. The molecule has 0 aliphatic heterocycles. The summed E-state index contributed by atoms with van der Waals surface area (Å²) >= 11 is 0. The molecule has 12 heavy (non-hydrogen) atoms. The first kappa shape index (κ1) is 11.9. The molecule has 0 amide bonds. The highest BCUT2D eigenvalue weighted by Crippen LogP contribution is 2.03. The molecule has 0 aromatic carbocycles. The molecule has 0 aromatic heterocycles. The third kappa shape index (κ3) is 6.62. The van der Waals surface area contributed by atoms with Crippen molar-refractivity contribution in [1.82, 2.24) is 10.6 Å². The normalized spacial score (nSPS) is 13.8. The predicted octanol–water partition coefficient (Wildman–Crippen LogP) is 1.62. The molecule has 2 nitrogen and oxygen atoms in total. The summed E-state index contributed by atoms with van der Waals surface area (Å²) in [5, 5.41) is 6.86. The monoisotopic (exact) mass is 172 g/mol. The summed E-state index contributed by atoms with van der Waals surface area (Å²) in [6.45, 7) is 12.1. The smallest absolute Gasteiger partial charge is 0.0194 e. The van der Waals surface area contributed by atoms with Gasteiger partial charge in [0.2, 0.25) is 0 Å². The lowest BCUT2D eigenvalue weighted by Crippen LogP contribution is -2.39. The lowest BCUT2D eigenvalue weighted by atomic mass is 10.0. The van der Waals surface area contributed by atoms with Crippen LogP contribution < -0.4 is 10.6 Å². The van der Waals surface area contributed by atoms with Crippen molar-refractivity contribution in [3.8, 4) is 0 Å². The third-order valence-electron chi connectivity index (χ3n) is 1.89. The van der Waals surface area contributed by atoms with Gasteiger partial charge in [0.25, 0.3) is 0 Å². The van der Waals surface area contributed by atoms with Crippen molar-refractivity contribution in [2.24, 2.45) is 5.92 Å². The van der Waals surface area contributed by atoms with Gasteiger partial charge in [0.15, 0.2) is 0 Å². The summed E-state index contributed by atoms with van der Waals surface area (Å²) in [5.74, 6) is 0.785. The Balaban J connectivity index is 3.54. The topological polar surface area (TPSA) is 24.1 Å². The molecule has 0 heterocycles. The Hall–Kier alpha value is -0.0800. The van der Waals surface area contributed by atoms with Crippen LogP contribution in [0.4, 0.5) is 0 Å². The fourth-order valence-electron chi connectivity index (χ4n) is 1.42. The molecule has 0 saturated heterocycles. The Morgan fingerprint density at radius 3 is 2.17 bits per heavy atom. The average molecular weight is 172 g/mol. The van der Waals surface area contributed by atoms with E-state index in [0.29, 0.717) is 6.04 Å². The van der Waals surface area contributed by atoms with Crippen LogP contribution in [0.3, 0.4) is 0 Å². The summed E-state index contributed by atoms with van der Waals surface area (Å²) < 4.78 is 0. The average Bonchev–Trinajstić information content (AvgIpc) is 2.00. The largest absolute Gasteiger partial charge is 0.315 e. The van der Waals surface area contributed by atoms with Gasteiger partial charge < -0.3 is 10.6 Å². The maximum Gasteiger partial charge on any atom is 0.0194 e. The Morgan fingerprint density at radius 2 is 1.75 bits per heavy atom. The summed E-state index contributed by atoms with van der Waals surface area (Å²) in [6, 6.07) is 0.648. The molecular weight excluding hydrogens is 148 g/mol. The highest BCUT2D eigenvalue weighted by Gasteiger charge is 2.07. The van der Waals surface area contributed by atoms with Crippen LogP contribution in [0.1, 0.15) is 34.1 Å². The predicted molar refractivity (Wildman–Crippen MR) is 55.5 cm³/mol. The van der Waals surface area contributed by atoms with Crippen molar-refractivity contribution in [2.45, 2.75) is 40.2 Å². The highest BCUT2D eigenvalue weighted by atomic mass is 15.0. The molecule has 0 bridgehead atoms. The second-order valence-corrected chi connectivity index (χ2v) is 3.69. The van der Waals surface area contributed by atoms with Gasteiger partial charge in [0, 0.05) is 12.6 Å². The second-order valence-electron chi connectivity index (χ2n) is 3.69. The van der Waals surface area contributed by atoms with Crippen LogP contribution >= 0.6 is 0 Å². The summed E-state index contributed by atoms with van der Waals surface area (Å²) in [6.07, 6.45) is 1.26. The minimum Gasteiger partial charge on any atom is -0.315 e. The van der Waals surface area contributed by atoms with Crippen LogP contribution in [0.2, 0.25) is 0 Å². The first-order chi connectivity index (χ1) is 5.70. The minimum atomic E-state index is 0.648. The van der Waals surface area contributed by atoms with Crippen molar-refractivity contribution in [3.05, 3.63) is 0 Å². The van der Waals surface area contributed by atoms with Crippen LogP contribution in [0.5, 0.6) is 0 Å². The van der Waals surface area contributed by atoms with Gasteiger partial charge in [-0.2, -0.15) is 0 Å². The van der Waals surface area contributed by atoms with E-state index in [2.05, 4.69) is 38.3 Å². The molecular formula is C10H24N2.